The van der Waals surface area contributed by atoms with Crippen LogP contribution in [0.2, 0.25) is 0 Å². The molecule has 0 aliphatic carbocycles. The molecule has 0 radical (unpaired) electrons. The topological polar surface area (TPSA) is 52.6 Å². The van der Waals surface area contributed by atoms with Crippen molar-refractivity contribution < 1.29 is 16.8 Å². The molecule has 0 aliphatic rings. The fourth-order valence-electron chi connectivity index (χ4n) is 0.749. The Kier molecular flexibility index (Phi) is 6.87. The molecule has 0 aliphatic heterocycles. The number of hydrogen-bond donors (Lipinski definition) is 0. The van der Waals surface area contributed by atoms with Gasteiger partial charge in [0.25, 0.3) is 0 Å². The van der Waals surface area contributed by atoms with Crippen molar-refractivity contribution in [2.45, 2.75) is 0 Å². The van der Waals surface area contributed by atoms with Crippen molar-refractivity contribution in [2.75, 3.05) is 6.61 Å². The summed E-state index contributed by atoms with van der Waals surface area (Å²) >= 11 is 0. The Morgan fingerprint density at radius 2 is 1.87 bits per heavy atom. The van der Waals surface area contributed by atoms with Crippen LogP contribution in [0.1, 0.15) is 0 Å². The molecule has 1 rings (SSSR count). The van der Waals surface area contributed by atoms with Gasteiger partial charge in [0.2, 0.25) is 0 Å². The van der Waals surface area contributed by atoms with E-state index in [-0.39, 0.29) is 41.9 Å². The average Bonchev–Trinajstić information content (AvgIpc) is 2.16. The van der Waals surface area contributed by atoms with Crippen LogP contribution in [-0.4, -0.2) is 44.6 Å². The van der Waals surface area contributed by atoms with E-state index >= 15 is 0 Å². The minimum atomic E-state index is -3.97. The molecule has 0 amide bonds. The monoisotopic (exact) mass is 238 g/mol. The van der Waals surface area contributed by atoms with Crippen LogP contribution in [0, 0.1) is 0 Å². The molecule has 0 aromatic heterocycles. The fraction of sp³-hybridized carbons (Fsp3) is 0.111. The zero-order valence-corrected chi connectivity index (χ0v) is 8.24. The summed E-state index contributed by atoms with van der Waals surface area (Å²) in [6, 6.07) is 8.13. The van der Waals surface area contributed by atoms with E-state index in [4.69, 9.17) is 0 Å². The average molecular weight is 238 g/mol. The van der Waals surface area contributed by atoms with Gasteiger partial charge in [0.1, 0.15) is 5.75 Å². The Morgan fingerprint density at radius 1 is 1.27 bits per heavy atom. The van der Waals surface area contributed by atoms with Crippen LogP contribution in [0.25, 0.3) is 0 Å². The molecule has 0 fully saturated rings. The molecule has 0 saturated carbocycles. The van der Waals surface area contributed by atoms with E-state index in [1.54, 1.807) is 18.2 Å². The molecule has 15 heavy (non-hydrogen) atoms. The van der Waals surface area contributed by atoms with Gasteiger partial charge in [-0.05, 0) is 12.1 Å². The third kappa shape index (κ3) is 5.96. The predicted molar refractivity (Wildman–Crippen MR) is 59.3 cm³/mol. The van der Waals surface area contributed by atoms with Gasteiger partial charge >= 0.3 is 40.0 Å². The second-order valence-corrected chi connectivity index (χ2v) is 3.60. The molecule has 78 valence electrons. The maximum absolute atomic E-state index is 11.1. The van der Waals surface area contributed by atoms with Gasteiger partial charge in [-0.15, -0.1) is 6.58 Å². The Morgan fingerprint density at radius 3 is 2.40 bits per heavy atom. The number of hydrogen-bond acceptors (Lipinski definition) is 4. The summed E-state index contributed by atoms with van der Waals surface area (Å²) in [5, 5.41) is 0. The van der Waals surface area contributed by atoms with Crippen molar-refractivity contribution in [2.24, 2.45) is 0 Å². The molecule has 6 heteroatoms. The van der Waals surface area contributed by atoms with Gasteiger partial charge in [0.15, 0.2) is 0 Å². The molecule has 0 bridgehead atoms. The zero-order valence-electron chi connectivity index (χ0n) is 7.42. The van der Waals surface area contributed by atoms with E-state index in [2.05, 4.69) is 14.9 Å². The third-order valence-corrected chi connectivity index (χ3v) is 2.09. The van der Waals surface area contributed by atoms with E-state index in [0.29, 0.717) is 0 Å². The zero-order chi connectivity index (χ0) is 10.4. The van der Waals surface area contributed by atoms with E-state index in [1.165, 1.54) is 18.2 Å². The van der Waals surface area contributed by atoms with Gasteiger partial charge in [0.05, 0.1) is 6.61 Å². The Hall–Kier alpha value is -0.330. The quantitative estimate of drug-likeness (QED) is 0.564. The van der Waals surface area contributed by atoms with E-state index in [9.17, 15) is 8.42 Å². The van der Waals surface area contributed by atoms with Gasteiger partial charge in [-0.2, -0.15) is 8.42 Å². The first-order valence-corrected chi connectivity index (χ1v) is 5.22. The third-order valence-electron chi connectivity index (χ3n) is 1.27. The first-order valence-electron chi connectivity index (χ1n) is 3.89. The summed E-state index contributed by atoms with van der Waals surface area (Å²) in [5.74, 6) is 0.219. The standard InChI is InChI=1S/C9H10O4S.Na.H/c1-2-8-12-14(10,11)13-9-6-4-3-5-7-9;;/h2-7H,1,8H2;;. The summed E-state index contributed by atoms with van der Waals surface area (Å²) in [7, 11) is -3.97. The Bertz CT molecular complexity index is 388. The van der Waals surface area contributed by atoms with Crippen LogP contribution < -0.4 is 4.18 Å². The molecular formula is C9H11NaO4S. The maximum atomic E-state index is 11.1. The Labute approximate surface area is 112 Å². The summed E-state index contributed by atoms with van der Waals surface area (Å²) in [5.41, 5.74) is 0. The summed E-state index contributed by atoms with van der Waals surface area (Å²) in [4.78, 5) is 0. The van der Waals surface area contributed by atoms with Crippen LogP contribution in [0.3, 0.4) is 0 Å². The van der Waals surface area contributed by atoms with Crippen molar-refractivity contribution in [1.82, 2.24) is 0 Å². The second kappa shape index (κ2) is 7.03. The molecule has 0 heterocycles. The van der Waals surface area contributed by atoms with Crippen molar-refractivity contribution in [3.8, 4) is 5.75 Å². The number of rotatable bonds is 5. The van der Waals surface area contributed by atoms with E-state index < -0.39 is 10.4 Å². The second-order valence-electron chi connectivity index (χ2n) is 2.38. The van der Waals surface area contributed by atoms with Gasteiger partial charge < -0.3 is 4.18 Å². The molecular weight excluding hydrogens is 227 g/mol. The molecule has 0 unspecified atom stereocenters. The van der Waals surface area contributed by atoms with Crippen LogP contribution in [0.5, 0.6) is 5.75 Å². The minimum absolute atomic E-state index is 0. The summed E-state index contributed by atoms with van der Waals surface area (Å²) in [6.45, 7) is 3.22. The van der Waals surface area contributed by atoms with Crippen molar-refractivity contribution in [3.63, 3.8) is 0 Å². The van der Waals surface area contributed by atoms with Gasteiger partial charge in [0, 0.05) is 0 Å². The molecule has 1 aromatic rings. The van der Waals surface area contributed by atoms with E-state index in [0.717, 1.165) is 0 Å². The predicted octanol–water partition coefficient (Wildman–Crippen LogP) is 0.864. The van der Waals surface area contributed by atoms with Gasteiger partial charge in [-0.3, -0.25) is 0 Å². The van der Waals surface area contributed by atoms with Crippen LogP contribution in [0.15, 0.2) is 43.0 Å². The Balaban J connectivity index is 0.00000196. The first-order chi connectivity index (χ1) is 6.64. The summed E-state index contributed by atoms with van der Waals surface area (Å²) in [6.07, 6.45) is 1.33. The molecule has 0 saturated heterocycles. The SMILES string of the molecule is C=CCOS(=O)(=O)Oc1ccccc1.[NaH]. The molecule has 0 N–H and O–H groups in total. The number of benzene rings is 1. The van der Waals surface area contributed by atoms with Gasteiger partial charge in [-0.1, -0.05) is 24.3 Å². The van der Waals surface area contributed by atoms with E-state index in [1.807, 2.05) is 0 Å². The fourth-order valence-corrected chi connectivity index (χ4v) is 1.41. The number of para-hydroxylation sites is 1. The molecule has 0 spiro atoms. The van der Waals surface area contributed by atoms with Crippen molar-refractivity contribution in [3.05, 3.63) is 43.0 Å². The van der Waals surface area contributed by atoms with Crippen molar-refractivity contribution in [1.29, 1.82) is 0 Å². The van der Waals surface area contributed by atoms with Gasteiger partial charge in [-0.25, -0.2) is 4.18 Å². The molecule has 0 atom stereocenters. The molecule has 4 nitrogen and oxygen atoms in total. The summed E-state index contributed by atoms with van der Waals surface area (Å²) < 4.78 is 31.2. The normalized spacial score (nSPS) is 10.1. The van der Waals surface area contributed by atoms with Crippen LogP contribution in [-0.2, 0) is 14.6 Å². The van der Waals surface area contributed by atoms with Crippen molar-refractivity contribution >= 4 is 40.0 Å². The van der Waals surface area contributed by atoms with Crippen LogP contribution in [0.4, 0.5) is 0 Å². The first kappa shape index (κ1) is 14.7. The molecule has 1 aromatic carbocycles. The van der Waals surface area contributed by atoms with Crippen LogP contribution >= 0.6 is 0 Å².